The van der Waals surface area contributed by atoms with Crippen molar-refractivity contribution in [3.8, 4) is 28.6 Å². The zero-order valence-corrected chi connectivity index (χ0v) is 29.6. The number of furan rings is 2. The molecular formula is C50H26N4O2. The summed E-state index contributed by atoms with van der Waals surface area (Å²) in [5, 5.41) is 19.1. The molecule has 0 saturated carbocycles. The molecule has 6 nitrogen and oxygen atoms in total. The first kappa shape index (κ1) is 30.4. The summed E-state index contributed by atoms with van der Waals surface area (Å²) in [5.41, 5.74) is 11.2. The lowest BCUT2D eigenvalue weighted by atomic mass is 9.97. The van der Waals surface area contributed by atoms with Crippen molar-refractivity contribution in [2.45, 2.75) is 0 Å². The van der Waals surface area contributed by atoms with Crippen LogP contribution >= 0.6 is 0 Å². The fourth-order valence-corrected chi connectivity index (χ4v) is 9.12. The fraction of sp³-hybridized carbons (Fsp3) is 0. The molecule has 258 valence electrons. The Bertz CT molecular complexity index is 3500. The minimum Gasteiger partial charge on any atom is -0.455 e. The summed E-state index contributed by atoms with van der Waals surface area (Å²) >= 11 is 0. The van der Waals surface area contributed by atoms with Crippen LogP contribution in [0.25, 0.3) is 115 Å². The van der Waals surface area contributed by atoms with Gasteiger partial charge in [-0.1, -0.05) is 103 Å². The van der Waals surface area contributed by atoms with Crippen LogP contribution in [0.5, 0.6) is 0 Å². The molecule has 0 amide bonds. The number of nitrogens with zero attached hydrogens (tertiary/aromatic N) is 4. The number of para-hydroxylation sites is 6. The van der Waals surface area contributed by atoms with Crippen molar-refractivity contribution in [3.05, 3.63) is 175 Å². The largest absolute Gasteiger partial charge is 0.455 e. The minimum absolute atomic E-state index is 0.495. The predicted molar refractivity (Wildman–Crippen MR) is 226 cm³/mol. The van der Waals surface area contributed by atoms with Gasteiger partial charge in [0.25, 0.3) is 0 Å². The van der Waals surface area contributed by atoms with Crippen LogP contribution in [-0.4, -0.2) is 9.13 Å². The Morgan fingerprint density at radius 2 is 0.929 bits per heavy atom. The molecule has 0 N–H and O–H groups in total. The van der Waals surface area contributed by atoms with Crippen LogP contribution in [-0.2, 0) is 0 Å². The summed E-state index contributed by atoms with van der Waals surface area (Å²) in [6.45, 7) is 8.50. The SMILES string of the molecule is [C-]#[N+]c1cccc(-c2cccc(C#N)c2-n2c3ccccc3c3c4oc5ccccc5c4ccc32)c1-n1c2ccccc2c2c3oc4ccccc4c3ccc21. The van der Waals surface area contributed by atoms with E-state index >= 15 is 0 Å². The van der Waals surface area contributed by atoms with E-state index < -0.39 is 0 Å². The summed E-state index contributed by atoms with van der Waals surface area (Å²) in [5.74, 6) is 0. The second-order valence-electron chi connectivity index (χ2n) is 14.2. The van der Waals surface area contributed by atoms with Gasteiger partial charge in [-0.15, -0.1) is 0 Å². The summed E-state index contributed by atoms with van der Waals surface area (Å²) in [7, 11) is 0. The molecule has 0 aliphatic heterocycles. The number of nitriles is 1. The number of fused-ring (bicyclic) bond motifs is 14. The fourth-order valence-electron chi connectivity index (χ4n) is 9.12. The highest BCUT2D eigenvalue weighted by atomic mass is 16.3. The molecule has 56 heavy (non-hydrogen) atoms. The van der Waals surface area contributed by atoms with Crippen LogP contribution in [0.15, 0.2) is 167 Å². The second-order valence-corrected chi connectivity index (χ2v) is 14.2. The molecule has 0 aliphatic carbocycles. The van der Waals surface area contributed by atoms with Crippen molar-refractivity contribution < 1.29 is 8.83 Å². The van der Waals surface area contributed by atoms with E-state index in [0.717, 1.165) is 110 Å². The Morgan fingerprint density at radius 1 is 0.446 bits per heavy atom. The van der Waals surface area contributed by atoms with Crippen LogP contribution in [0, 0.1) is 17.9 Å². The second kappa shape index (κ2) is 11.2. The maximum Gasteiger partial charge on any atom is 0.211 e. The summed E-state index contributed by atoms with van der Waals surface area (Å²) in [6.07, 6.45) is 0. The molecule has 0 saturated heterocycles. The highest BCUT2D eigenvalue weighted by Crippen LogP contribution is 2.47. The molecule has 12 rings (SSSR count). The first-order valence-corrected chi connectivity index (χ1v) is 18.4. The number of rotatable bonds is 3. The lowest BCUT2D eigenvalue weighted by molar-refractivity contribution is 0.672. The van der Waals surface area contributed by atoms with Crippen LogP contribution in [0.2, 0.25) is 0 Å². The van der Waals surface area contributed by atoms with Gasteiger partial charge in [-0.25, -0.2) is 4.85 Å². The number of benzene rings is 8. The molecule has 4 heterocycles. The average Bonchev–Trinajstić information content (AvgIpc) is 4.00. The Balaban J connectivity index is 1.21. The van der Waals surface area contributed by atoms with Crippen LogP contribution in [0.4, 0.5) is 5.69 Å². The molecule has 0 unspecified atom stereocenters. The molecule has 0 radical (unpaired) electrons. The maximum atomic E-state index is 10.9. The van der Waals surface area contributed by atoms with Crippen molar-refractivity contribution in [3.63, 3.8) is 0 Å². The average molecular weight is 715 g/mol. The molecule has 0 aliphatic rings. The van der Waals surface area contributed by atoms with E-state index in [1.54, 1.807) is 0 Å². The van der Waals surface area contributed by atoms with E-state index in [9.17, 15) is 5.26 Å². The van der Waals surface area contributed by atoms with Crippen molar-refractivity contribution >= 4 is 93.2 Å². The van der Waals surface area contributed by atoms with E-state index in [2.05, 4.69) is 92.8 Å². The van der Waals surface area contributed by atoms with Crippen LogP contribution in [0.3, 0.4) is 0 Å². The van der Waals surface area contributed by atoms with Gasteiger partial charge in [0.1, 0.15) is 28.4 Å². The number of hydrogen-bond donors (Lipinski definition) is 0. The third-order valence-electron chi connectivity index (χ3n) is 11.4. The topological polar surface area (TPSA) is 64.3 Å². The maximum absolute atomic E-state index is 10.9. The molecule has 0 fully saturated rings. The Morgan fingerprint density at radius 3 is 1.48 bits per heavy atom. The van der Waals surface area contributed by atoms with Crippen LogP contribution in [0.1, 0.15) is 5.56 Å². The van der Waals surface area contributed by atoms with E-state index in [-0.39, 0.29) is 0 Å². The standard InChI is InChI=1S/C50H26N4O2/c1-52-38-19-11-18-33(48(38)54-40-21-7-3-16-37(40)46-42(54)27-25-35-31-14-5-9-23-44(31)56-50(35)46)32-17-10-12-29(28-51)47(32)53-39-20-6-2-15-36(39)45-41(53)26-24-34-30-13-4-8-22-43(30)55-49(34)45/h2-27H. The Hall–Kier alpha value is -8.06. The molecule has 6 heteroatoms. The number of hydrogen-bond acceptors (Lipinski definition) is 3. The van der Waals surface area contributed by atoms with Gasteiger partial charge < -0.3 is 18.0 Å². The van der Waals surface area contributed by atoms with Gasteiger partial charge >= 0.3 is 0 Å². The van der Waals surface area contributed by atoms with Gasteiger partial charge in [0.2, 0.25) is 5.69 Å². The molecule has 0 spiro atoms. The van der Waals surface area contributed by atoms with Crippen molar-refractivity contribution in [1.29, 1.82) is 5.26 Å². The molecule has 4 aromatic heterocycles. The number of aromatic nitrogens is 2. The van der Waals surface area contributed by atoms with E-state index in [1.165, 1.54) is 0 Å². The normalized spacial score (nSPS) is 11.9. The summed E-state index contributed by atoms with van der Waals surface area (Å²) < 4.78 is 17.6. The Labute approximate surface area is 318 Å². The zero-order chi connectivity index (χ0) is 37.1. The van der Waals surface area contributed by atoms with Crippen molar-refractivity contribution in [2.75, 3.05) is 0 Å². The lowest BCUT2D eigenvalue weighted by Gasteiger charge is -2.20. The third-order valence-corrected chi connectivity index (χ3v) is 11.4. The summed E-state index contributed by atoms with van der Waals surface area (Å²) in [6, 6.07) is 55.7. The minimum atomic E-state index is 0.495. The summed E-state index contributed by atoms with van der Waals surface area (Å²) in [4.78, 5) is 4.13. The molecule has 0 atom stereocenters. The van der Waals surface area contributed by atoms with Gasteiger partial charge in [-0.05, 0) is 60.2 Å². The van der Waals surface area contributed by atoms with E-state index in [4.69, 9.17) is 15.4 Å². The van der Waals surface area contributed by atoms with Crippen LogP contribution < -0.4 is 0 Å². The smallest absolute Gasteiger partial charge is 0.211 e. The quantitative estimate of drug-likeness (QED) is 0.171. The zero-order valence-electron chi connectivity index (χ0n) is 29.6. The van der Waals surface area contributed by atoms with Gasteiger partial charge in [0.15, 0.2) is 0 Å². The highest BCUT2D eigenvalue weighted by molar-refractivity contribution is 6.25. The first-order valence-electron chi connectivity index (χ1n) is 18.4. The third kappa shape index (κ3) is 3.92. The van der Waals surface area contributed by atoms with Crippen molar-refractivity contribution in [2.24, 2.45) is 0 Å². The van der Waals surface area contributed by atoms with Crippen molar-refractivity contribution in [1.82, 2.24) is 9.13 Å². The van der Waals surface area contributed by atoms with Gasteiger partial charge in [0.05, 0.1) is 56.3 Å². The molecule has 0 bridgehead atoms. The first-order chi connectivity index (χ1) is 27.7. The monoisotopic (exact) mass is 714 g/mol. The predicted octanol–water partition coefficient (Wildman–Crippen LogP) is 13.8. The van der Waals surface area contributed by atoms with E-state index in [0.29, 0.717) is 11.3 Å². The van der Waals surface area contributed by atoms with Gasteiger partial charge in [0, 0.05) is 37.9 Å². The Kier molecular flexibility index (Phi) is 6.10. The highest BCUT2D eigenvalue weighted by Gasteiger charge is 2.26. The molecule has 12 aromatic rings. The molecule has 8 aromatic carbocycles. The lowest BCUT2D eigenvalue weighted by Crippen LogP contribution is -2.03. The van der Waals surface area contributed by atoms with E-state index in [1.807, 2.05) is 84.9 Å². The van der Waals surface area contributed by atoms with Gasteiger partial charge in [-0.2, -0.15) is 5.26 Å². The molecular weight excluding hydrogens is 689 g/mol. The van der Waals surface area contributed by atoms with Gasteiger partial charge in [-0.3, -0.25) is 0 Å².